The molecule has 1 heterocycles. The number of anilines is 2. The Morgan fingerprint density at radius 1 is 1.27 bits per heavy atom. The summed E-state index contributed by atoms with van der Waals surface area (Å²) in [5, 5.41) is 2.88. The number of carbonyl (C=O) groups is 1. The van der Waals surface area contributed by atoms with E-state index in [0.717, 1.165) is 21.1 Å². The molecule has 6 nitrogen and oxygen atoms in total. The van der Waals surface area contributed by atoms with Crippen LogP contribution >= 0.6 is 22.6 Å². The molecule has 0 fully saturated rings. The molecule has 1 amide bonds. The third-order valence-electron chi connectivity index (χ3n) is 4.14. The number of aryl methyl sites for hydroxylation is 1. The highest BCUT2D eigenvalue weighted by Crippen LogP contribution is 2.34. The van der Waals surface area contributed by atoms with Gasteiger partial charge in [0.2, 0.25) is 10.0 Å². The number of carbonyl (C=O) groups excluding carboxylic acids is 1. The highest BCUT2D eigenvalue weighted by molar-refractivity contribution is 14.1. The molecule has 1 aliphatic heterocycles. The molecule has 8 heteroatoms. The minimum atomic E-state index is -3.46. The van der Waals surface area contributed by atoms with Crippen molar-refractivity contribution in [3.05, 3.63) is 51.6 Å². The number of fused-ring (bicyclic) bond motifs is 1. The summed E-state index contributed by atoms with van der Waals surface area (Å²) in [6.07, 6.45) is 0.637. The number of ether oxygens (including phenoxy) is 1. The van der Waals surface area contributed by atoms with Gasteiger partial charge in [0.1, 0.15) is 5.75 Å². The van der Waals surface area contributed by atoms with Gasteiger partial charge in [-0.15, -0.1) is 0 Å². The van der Waals surface area contributed by atoms with Gasteiger partial charge in [-0.25, -0.2) is 8.42 Å². The fraction of sp³-hybridized carbons (Fsp3) is 0.278. The van der Waals surface area contributed by atoms with Crippen molar-refractivity contribution in [2.75, 3.05) is 22.4 Å². The zero-order valence-electron chi connectivity index (χ0n) is 14.4. The van der Waals surface area contributed by atoms with Crippen LogP contribution in [-0.2, 0) is 14.8 Å². The van der Waals surface area contributed by atoms with Crippen LogP contribution < -0.4 is 14.4 Å². The molecule has 0 aromatic heterocycles. The van der Waals surface area contributed by atoms with Crippen LogP contribution in [0.15, 0.2) is 42.5 Å². The summed E-state index contributed by atoms with van der Waals surface area (Å²) in [5.41, 5.74) is 2.13. The first kappa shape index (κ1) is 19.0. The highest BCUT2D eigenvalue weighted by atomic mass is 127. The Kier molecular flexibility index (Phi) is 5.42. The molecule has 0 saturated heterocycles. The first-order valence-electron chi connectivity index (χ1n) is 8.06. The molecular formula is C18H19IN2O4S. The average molecular weight is 486 g/mol. The summed E-state index contributed by atoms with van der Waals surface area (Å²) in [7, 11) is -3.46. The van der Waals surface area contributed by atoms with Crippen molar-refractivity contribution in [1.82, 2.24) is 0 Å². The Bertz CT molecular complexity index is 946. The van der Waals surface area contributed by atoms with Crippen LogP contribution in [0.3, 0.4) is 0 Å². The first-order chi connectivity index (χ1) is 12.3. The van der Waals surface area contributed by atoms with Crippen LogP contribution in [0.4, 0.5) is 11.4 Å². The molecule has 0 spiro atoms. The molecule has 1 atom stereocenters. The number of sulfonamides is 1. The van der Waals surface area contributed by atoms with Crippen LogP contribution in [-0.4, -0.2) is 33.2 Å². The number of nitrogens with one attached hydrogen (secondary N) is 1. The molecule has 0 radical (unpaired) electrons. The summed E-state index contributed by atoms with van der Waals surface area (Å²) < 4.78 is 32.5. The molecule has 1 N–H and O–H groups in total. The normalized spacial score (nSPS) is 17.0. The van der Waals surface area contributed by atoms with Gasteiger partial charge in [0.25, 0.3) is 5.91 Å². The number of hydrogen-bond donors (Lipinski definition) is 1. The van der Waals surface area contributed by atoms with E-state index in [1.807, 2.05) is 25.1 Å². The van der Waals surface area contributed by atoms with Gasteiger partial charge in [0.05, 0.1) is 11.9 Å². The number of nitrogens with zero attached hydrogens (tertiary/aromatic N) is 1. The molecule has 3 rings (SSSR count). The van der Waals surface area contributed by atoms with Gasteiger partial charge in [0, 0.05) is 22.2 Å². The maximum absolute atomic E-state index is 12.7. The molecule has 0 saturated carbocycles. The summed E-state index contributed by atoms with van der Waals surface area (Å²) in [6.45, 7) is 2.10. The molecule has 0 bridgehead atoms. The van der Waals surface area contributed by atoms with Crippen LogP contribution in [0.25, 0.3) is 0 Å². The van der Waals surface area contributed by atoms with Crippen molar-refractivity contribution in [2.24, 2.45) is 0 Å². The standard InChI is InChI=1S/C18H19IN2O4S/c1-12-11-13(19)7-8-14(12)20-18(22)17-9-10-21(26(2,23)24)15-5-3-4-6-16(15)25-17/h3-8,11,17H,9-10H2,1-2H3,(H,20,22). The Hall–Kier alpha value is -1.81. The fourth-order valence-corrected chi connectivity index (χ4v) is 4.43. The van der Waals surface area contributed by atoms with E-state index in [1.165, 1.54) is 4.31 Å². The van der Waals surface area contributed by atoms with Gasteiger partial charge in [-0.3, -0.25) is 9.10 Å². The lowest BCUT2D eigenvalue weighted by molar-refractivity contribution is -0.122. The van der Waals surface area contributed by atoms with Crippen LogP contribution in [0.5, 0.6) is 5.75 Å². The van der Waals surface area contributed by atoms with E-state index in [2.05, 4.69) is 27.9 Å². The second kappa shape index (κ2) is 7.43. The van der Waals surface area contributed by atoms with E-state index in [9.17, 15) is 13.2 Å². The number of benzene rings is 2. The van der Waals surface area contributed by atoms with Crippen molar-refractivity contribution in [3.8, 4) is 5.75 Å². The largest absolute Gasteiger partial charge is 0.478 e. The van der Waals surface area contributed by atoms with E-state index in [0.29, 0.717) is 11.4 Å². The van der Waals surface area contributed by atoms with Gasteiger partial charge >= 0.3 is 0 Å². The molecule has 1 unspecified atom stereocenters. The van der Waals surface area contributed by atoms with E-state index in [-0.39, 0.29) is 18.9 Å². The molecule has 1 aliphatic rings. The third kappa shape index (κ3) is 4.12. The molecule has 0 aliphatic carbocycles. The van der Waals surface area contributed by atoms with Gasteiger partial charge in [-0.1, -0.05) is 12.1 Å². The monoisotopic (exact) mass is 486 g/mol. The van der Waals surface area contributed by atoms with Crippen LogP contribution in [0, 0.1) is 10.5 Å². The average Bonchev–Trinajstić information content (AvgIpc) is 2.76. The van der Waals surface area contributed by atoms with Crippen molar-refractivity contribution in [2.45, 2.75) is 19.4 Å². The van der Waals surface area contributed by atoms with E-state index < -0.39 is 16.1 Å². The Morgan fingerprint density at radius 2 is 2.00 bits per heavy atom. The van der Waals surface area contributed by atoms with Crippen molar-refractivity contribution < 1.29 is 17.9 Å². The Morgan fingerprint density at radius 3 is 2.69 bits per heavy atom. The van der Waals surface area contributed by atoms with E-state index in [4.69, 9.17) is 4.74 Å². The second-order valence-corrected chi connectivity index (χ2v) is 9.30. The van der Waals surface area contributed by atoms with Crippen molar-refractivity contribution >= 4 is 49.9 Å². The maximum Gasteiger partial charge on any atom is 0.265 e. The van der Waals surface area contributed by atoms with Gasteiger partial charge in [-0.05, 0) is 65.4 Å². The van der Waals surface area contributed by atoms with Gasteiger partial charge in [0.15, 0.2) is 6.10 Å². The molecule has 2 aromatic carbocycles. The zero-order valence-corrected chi connectivity index (χ0v) is 17.4. The fourth-order valence-electron chi connectivity index (χ4n) is 2.84. The van der Waals surface area contributed by atoms with E-state index >= 15 is 0 Å². The number of halogens is 1. The van der Waals surface area contributed by atoms with E-state index in [1.54, 1.807) is 24.3 Å². The number of para-hydroxylation sites is 2. The summed E-state index contributed by atoms with van der Waals surface area (Å²) in [6, 6.07) is 12.6. The second-order valence-electron chi connectivity index (χ2n) is 6.15. The lowest BCUT2D eigenvalue weighted by atomic mass is 10.2. The number of hydrogen-bond acceptors (Lipinski definition) is 4. The SMILES string of the molecule is Cc1cc(I)ccc1NC(=O)C1CCN(S(C)(=O)=O)c2ccccc2O1. The quantitative estimate of drug-likeness (QED) is 0.677. The van der Waals surface area contributed by atoms with Crippen LogP contribution in [0.1, 0.15) is 12.0 Å². The molecule has 138 valence electrons. The first-order valence-corrected chi connectivity index (χ1v) is 11.0. The zero-order chi connectivity index (χ0) is 18.9. The summed E-state index contributed by atoms with van der Waals surface area (Å²) in [5.74, 6) is 0.0920. The summed E-state index contributed by atoms with van der Waals surface area (Å²) >= 11 is 2.21. The lowest BCUT2D eigenvalue weighted by Crippen LogP contribution is -2.36. The lowest BCUT2D eigenvalue weighted by Gasteiger charge is -2.20. The summed E-state index contributed by atoms with van der Waals surface area (Å²) in [4.78, 5) is 12.7. The van der Waals surface area contributed by atoms with Gasteiger partial charge in [-0.2, -0.15) is 0 Å². The Labute approximate surface area is 166 Å². The number of rotatable bonds is 3. The molecular weight excluding hydrogens is 467 g/mol. The number of amides is 1. The molecule has 2 aromatic rings. The predicted molar refractivity (Wildman–Crippen MR) is 110 cm³/mol. The minimum Gasteiger partial charge on any atom is -0.478 e. The topological polar surface area (TPSA) is 75.7 Å². The third-order valence-corrected chi connectivity index (χ3v) is 5.99. The van der Waals surface area contributed by atoms with Gasteiger partial charge < -0.3 is 10.1 Å². The maximum atomic E-state index is 12.7. The molecule has 26 heavy (non-hydrogen) atoms. The smallest absolute Gasteiger partial charge is 0.265 e. The Balaban J connectivity index is 1.85. The highest BCUT2D eigenvalue weighted by Gasteiger charge is 2.31. The van der Waals surface area contributed by atoms with Crippen molar-refractivity contribution in [3.63, 3.8) is 0 Å². The minimum absolute atomic E-state index is 0.180. The van der Waals surface area contributed by atoms with Crippen molar-refractivity contribution in [1.29, 1.82) is 0 Å². The predicted octanol–water partition coefficient (Wildman–Crippen LogP) is 3.16. The van der Waals surface area contributed by atoms with Crippen LogP contribution in [0.2, 0.25) is 0 Å².